The Morgan fingerprint density at radius 2 is 1.00 bits per heavy atom. The second-order valence-electron chi connectivity index (χ2n) is 8.41. The average molecular weight is 525 g/mol. The molecule has 3 heterocycles. The van der Waals surface area contributed by atoms with Crippen molar-refractivity contribution in [1.29, 1.82) is 0 Å². The van der Waals surface area contributed by atoms with Gasteiger partial charge in [0, 0.05) is 69.5 Å². The van der Waals surface area contributed by atoms with Gasteiger partial charge in [0.05, 0.1) is 17.3 Å². The van der Waals surface area contributed by atoms with Crippen LogP contribution in [0.3, 0.4) is 0 Å². The summed E-state index contributed by atoms with van der Waals surface area (Å²) in [6.45, 7) is 2.05. The normalized spacial score (nSPS) is 26.1. The van der Waals surface area contributed by atoms with Crippen LogP contribution in [0.5, 0.6) is 0 Å². The molecule has 3 fully saturated rings. The summed E-state index contributed by atoms with van der Waals surface area (Å²) in [7, 11) is 0. The Bertz CT molecular complexity index is 523. The van der Waals surface area contributed by atoms with Crippen LogP contribution in [0.4, 0.5) is 0 Å². The predicted octanol–water partition coefficient (Wildman–Crippen LogP) is 4.81. The molecule has 30 heavy (non-hydrogen) atoms. The zero-order chi connectivity index (χ0) is 21.4. The highest BCUT2D eigenvalue weighted by atomic mass is 32.2. The highest BCUT2D eigenvalue weighted by Gasteiger charge is 2.36. The summed E-state index contributed by atoms with van der Waals surface area (Å²) in [5.41, 5.74) is -0.482. The Morgan fingerprint density at radius 1 is 0.700 bits per heavy atom. The van der Waals surface area contributed by atoms with E-state index >= 15 is 0 Å². The molecule has 3 unspecified atom stereocenters. The minimum Gasteiger partial charge on any atom is -0.299 e. The molecular formula is C21H32O3S6. The van der Waals surface area contributed by atoms with Gasteiger partial charge in [-0.3, -0.25) is 14.4 Å². The monoisotopic (exact) mass is 524 g/mol. The first-order valence-corrected chi connectivity index (χ1v) is 17.2. The molecule has 0 aromatic rings. The second kappa shape index (κ2) is 13.1. The van der Waals surface area contributed by atoms with Gasteiger partial charge in [-0.15, -0.1) is 0 Å². The van der Waals surface area contributed by atoms with Crippen molar-refractivity contribution in [3.63, 3.8) is 0 Å². The van der Waals surface area contributed by atoms with Gasteiger partial charge in [0.1, 0.15) is 17.3 Å². The summed E-state index contributed by atoms with van der Waals surface area (Å²) in [5, 5.41) is 2.18. The lowest BCUT2D eigenvalue weighted by molar-refractivity contribution is -0.125. The minimum absolute atomic E-state index is 0.206. The zero-order valence-electron chi connectivity index (χ0n) is 17.6. The average Bonchev–Trinajstić information content (AvgIpc) is 3.52. The number of ketones is 3. The van der Waals surface area contributed by atoms with Crippen LogP contribution in [0.15, 0.2) is 0 Å². The smallest absolute Gasteiger partial charge is 0.143 e. The fourth-order valence-corrected chi connectivity index (χ4v) is 9.09. The SMILES string of the molecule is CCC(CC(=O)CSCC1CS1)(CC(=O)CSCC1CS1)CC(=O)CSCC1CS1. The third-order valence-electron chi connectivity index (χ3n) is 5.37. The largest absolute Gasteiger partial charge is 0.299 e. The number of thioether (sulfide) groups is 6. The van der Waals surface area contributed by atoms with E-state index in [1.54, 1.807) is 35.3 Å². The number of carbonyl (C=O) groups is 3. The Morgan fingerprint density at radius 3 is 1.23 bits per heavy atom. The first-order valence-electron chi connectivity index (χ1n) is 10.6. The molecule has 0 amide bonds. The van der Waals surface area contributed by atoms with Crippen molar-refractivity contribution >= 4 is 87.9 Å². The van der Waals surface area contributed by atoms with E-state index in [1.807, 2.05) is 42.2 Å². The van der Waals surface area contributed by atoms with Gasteiger partial charge < -0.3 is 0 Å². The Labute approximate surface area is 206 Å². The lowest BCUT2D eigenvalue weighted by Gasteiger charge is -2.31. The van der Waals surface area contributed by atoms with Crippen LogP contribution in [-0.4, -0.2) is 84.9 Å². The van der Waals surface area contributed by atoms with Gasteiger partial charge in [-0.05, 0) is 11.8 Å². The molecule has 3 aliphatic heterocycles. The second-order valence-corrected chi connectivity index (χ2v) is 15.5. The van der Waals surface area contributed by atoms with Gasteiger partial charge in [0.15, 0.2) is 0 Å². The number of carbonyl (C=O) groups excluding carboxylic acids is 3. The van der Waals surface area contributed by atoms with Gasteiger partial charge in [-0.2, -0.15) is 70.6 Å². The summed E-state index contributed by atoms with van der Waals surface area (Å²) in [6, 6.07) is 0. The lowest BCUT2D eigenvalue weighted by Crippen LogP contribution is -2.32. The van der Waals surface area contributed by atoms with E-state index in [1.165, 1.54) is 17.3 Å². The summed E-state index contributed by atoms with van der Waals surface area (Å²) in [5.74, 6) is 8.95. The van der Waals surface area contributed by atoms with Crippen LogP contribution in [-0.2, 0) is 14.4 Å². The Hall–Kier alpha value is 1.11. The molecule has 3 aliphatic rings. The van der Waals surface area contributed by atoms with Crippen LogP contribution < -0.4 is 0 Å². The number of Topliss-reactive ketones (excluding diaryl/α,β-unsaturated/α-hetero) is 3. The first-order chi connectivity index (χ1) is 14.5. The lowest BCUT2D eigenvalue weighted by atomic mass is 9.73. The third kappa shape index (κ3) is 10.8. The number of hydrogen-bond acceptors (Lipinski definition) is 9. The highest BCUT2D eigenvalue weighted by Crippen LogP contribution is 2.39. The van der Waals surface area contributed by atoms with Gasteiger partial charge in [-0.1, -0.05) is 6.92 Å². The topological polar surface area (TPSA) is 51.2 Å². The molecule has 3 saturated heterocycles. The molecule has 0 aromatic carbocycles. The van der Waals surface area contributed by atoms with Crippen LogP contribution in [0.25, 0.3) is 0 Å². The summed E-state index contributed by atoms with van der Waals surface area (Å²) in [4.78, 5) is 38.2. The summed E-state index contributed by atoms with van der Waals surface area (Å²) in [6.07, 6.45) is 1.83. The maximum atomic E-state index is 12.7. The first kappa shape index (κ1) is 25.7. The minimum atomic E-state index is -0.482. The number of rotatable bonds is 19. The molecule has 170 valence electrons. The quantitative estimate of drug-likeness (QED) is 0.222. The van der Waals surface area contributed by atoms with E-state index in [-0.39, 0.29) is 17.3 Å². The standard InChI is InChI=1S/C21H32O3S6/c1-2-21(3-15(22)6-25-9-18-12-28-18,4-16(23)7-26-10-19-13-29-19)5-17(24)8-27-11-20-14-30-20/h18-20H,2-14H2,1H3. The maximum absolute atomic E-state index is 12.7. The van der Waals surface area contributed by atoms with Gasteiger partial charge in [-0.25, -0.2) is 0 Å². The van der Waals surface area contributed by atoms with Crippen molar-refractivity contribution < 1.29 is 14.4 Å². The molecule has 3 atom stereocenters. The van der Waals surface area contributed by atoms with Crippen LogP contribution in [0.1, 0.15) is 32.6 Å². The molecule has 0 aliphatic carbocycles. The molecule has 0 bridgehead atoms. The molecule has 9 heteroatoms. The van der Waals surface area contributed by atoms with E-state index in [9.17, 15) is 14.4 Å². The fraction of sp³-hybridized carbons (Fsp3) is 0.857. The number of hydrogen-bond donors (Lipinski definition) is 0. The van der Waals surface area contributed by atoms with Crippen molar-refractivity contribution in [3.05, 3.63) is 0 Å². The van der Waals surface area contributed by atoms with Crippen LogP contribution in [0, 0.1) is 5.41 Å². The van der Waals surface area contributed by atoms with E-state index in [0.717, 1.165) is 33.0 Å². The van der Waals surface area contributed by atoms with E-state index in [2.05, 4.69) is 0 Å². The zero-order valence-corrected chi connectivity index (χ0v) is 22.5. The summed E-state index contributed by atoms with van der Waals surface area (Å²) >= 11 is 11.0. The molecule has 0 spiro atoms. The van der Waals surface area contributed by atoms with Crippen molar-refractivity contribution in [3.8, 4) is 0 Å². The molecule has 3 nitrogen and oxygen atoms in total. The Balaban J connectivity index is 1.49. The fourth-order valence-electron chi connectivity index (χ4n) is 3.38. The molecule has 3 rings (SSSR count). The van der Waals surface area contributed by atoms with E-state index in [4.69, 9.17) is 0 Å². The molecule has 0 aromatic heterocycles. The molecule has 0 radical (unpaired) electrons. The molecule has 0 N–H and O–H groups in total. The van der Waals surface area contributed by atoms with Crippen molar-refractivity contribution in [2.75, 3.05) is 51.8 Å². The van der Waals surface area contributed by atoms with E-state index in [0.29, 0.717) is 42.9 Å². The van der Waals surface area contributed by atoms with Crippen LogP contribution in [0.2, 0.25) is 0 Å². The molecular weight excluding hydrogens is 493 g/mol. The van der Waals surface area contributed by atoms with Crippen molar-refractivity contribution in [2.24, 2.45) is 5.41 Å². The van der Waals surface area contributed by atoms with E-state index < -0.39 is 5.41 Å². The maximum Gasteiger partial charge on any atom is 0.143 e. The molecule has 0 saturated carbocycles. The van der Waals surface area contributed by atoms with Crippen molar-refractivity contribution in [2.45, 2.75) is 48.4 Å². The van der Waals surface area contributed by atoms with Crippen molar-refractivity contribution in [1.82, 2.24) is 0 Å². The van der Waals surface area contributed by atoms with Gasteiger partial charge in [0.25, 0.3) is 0 Å². The van der Waals surface area contributed by atoms with Gasteiger partial charge in [0.2, 0.25) is 0 Å². The predicted molar refractivity (Wildman–Crippen MR) is 142 cm³/mol. The highest BCUT2D eigenvalue weighted by molar-refractivity contribution is 8.09. The van der Waals surface area contributed by atoms with Crippen LogP contribution >= 0.6 is 70.6 Å². The Kier molecular flexibility index (Phi) is 11.2. The third-order valence-corrected chi connectivity index (χ3v) is 12.4. The van der Waals surface area contributed by atoms with Gasteiger partial charge >= 0.3 is 0 Å². The summed E-state index contributed by atoms with van der Waals surface area (Å²) < 4.78 is 0.